The minimum atomic E-state index is -0.184. The summed E-state index contributed by atoms with van der Waals surface area (Å²) < 4.78 is 4.31. The van der Waals surface area contributed by atoms with E-state index in [1.807, 2.05) is 12.1 Å². The maximum Gasteiger partial charge on any atom is 0.158 e. The number of aryl methyl sites for hydroxylation is 2. The first-order valence-electron chi connectivity index (χ1n) is 18.3. The van der Waals surface area contributed by atoms with Gasteiger partial charge in [-0.15, -0.1) is 0 Å². The van der Waals surface area contributed by atoms with Crippen LogP contribution in [0, 0.1) is 0 Å². The molecule has 3 aromatic heterocycles. The maximum absolute atomic E-state index is 5.23. The normalized spacial score (nSPS) is 14.1. The van der Waals surface area contributed by atoms with Gasteiger partial charge >= 0.3 is 0 Å². The minimum Gasteiger partial charge on any atom is -0.350 e. The van der Waals surface area contributed by atoms with E-state index >= 15 is 0 Å². The van der Waals surface area contributed by atoms with Gasteiger partial charge in [-0.3, -0.25) is 4.99 Å². The number of para-hydroxylation sites is 2. The van der Waals surface area contributed by atoms with E-state index in [0.29, 0.717) is 0 Å². The minimum absolute atomic E-state index is 0.184. The number of aromatic amines is 1. The quantitative estimate of drug-likeness (QED) is 0.177. The highest BCUT2D eigenvalue weighted by atomic mass is 15.0. The topological polar surface area (TPSA) is 63.3 Å². The second-order valence-electron chi connectivity index (χ2n) is 13.9. The molecule has 54 heavy (non-hydrogen) atoms. The lowest BCUT2D eigenvalue weighted by molar-refractivity contribution is 0.965. The fourth-order valence-corrected chi connectivity index (χ4v) is 7.84. The zero-order valence-corrected chi connectivity index (χ0v) is 30.0. The number of aromatic nitrogens is 4. The summed E-state index contributed by atoms with van der Waals surface area (Å²) >= 11 is 0. The fraction of sp³-hybridized carbons (Fsp3) is 0.0625. The van der Waals surface area contributed by atoms with Crippen molar-refractivity contribution >= 4 is 33.4 Å². The van der Waals surface area contributed by atoms with Crippen molar-refractivity contribution in [2.45, 2.75) is 6.04 Å². The van der Waals surface area contributed by atoms with E-state index in [-0.39, 0.29) is 6.04 Å². The lowest BCUT2D eigenvalue weighted by Gasteiger charge is -2.12. The smallest absolute Gasteiger partial charge is 0.158 e. The summed E-state index contributed by atoms with van der Waals surface area (Å²) in [5.74, 6) is 1.63. The molecule has 0 saturated carbocycles. The molecule has 258 valence electrons. The van der Waals surface area contributed by atoms with Gasteiger partial charge < -0.3 is 14.1 Å². The Hall–Kier alpha value is -7.05. The molecular formula is C48H36N6. The van der Waals surface area contributed by atoms with Crippen molar-refractivity contribution in [2.75, 3.05) is 0 Å². The van der Waals surface area contributed by atoms with E-state index < -0.39 is 0 Å². The molecule has 0 fully saturated rings. The number of aliphatic imine (C=N–C) groups is 2. The zero-order chi connectivity index (χ0) is 36.2. The number of H-pyrrole nitrogens is 1. The lowest BCUT2D eigenvalue weighted by atomic mass is 9.95. The molecule has 1 N–H and O–H groups in total. The summed E-state index contributed by atoms with van der Waals surface area (Å²) in [7, 11) is 4.16. The van der Waals surface area contributed by atoms with Gasteiger partial charge in [-0.1, -0.05) is 146 Å². The Labute approximate surface area is 313 Å². The van der Waals surface area contributed by atoms with E-state index in [1.54, 1.807) is 0 Å². The van der Waals surface area contributed by atoms with E-state index in [4.69, 9.17) is 15.0 Å². The predicted molar refractivity (Wildman–Crippen MR) is 222 cm³/mol. The largest absolute Gasteiger partial charge is 0.350 e. The molecule has 0 bridgehead atoms. The Kier molecular flexibility index (Phi) is 7.54. The fourth-order valence-electron chi connectivity index (χ4n) is 7.84. The van der Waals surface area contributed by atoms with Gasteiger partial charge in [0.2, 0.25) is 0 Å². The van der Waals surface area contributed by atoms with Crippen LogP contribution in [-0.4, -0.2) is 30.6 Å². The third kappa shape index (κ3) is 5.39. The van der Waals surface area contributed by atoms with Crippen LogP contribution in [0.4, 0.5) is 0 Å². The maximum atomic E-state index is 5.23. The highest BCUT2D eigenvalue weighted by molar-refractivity contribution is 6.22. The van der Waals surface area contributed by atoms with Gasteiger partial charge in [-0.05, 0) is 34.4 Å². The number of fused-ring (bicyclic) bond motifs is 2. The van der Waals surface area contributed by atoms with Crippen LogP contribution in [0.2, 0.25) is 0 Å². The summed E-state index contributed by atoms with van der Waals surface area (Å²) in [6.07, 6.45) is 4.30. The van der Waals surface area contributed by atoms with Gasteiger partial charge in [0.05, 0.1) is 17.1 Å². The van der Waals surface area contributed by atoms with E-state index in [9.17, 15) is 0 Å². The summed E-state index contributed by atoms with van der Waals surface area (Å²) in [6, 6.07) is 55.1. The molecule has 1 atom stereocenters. The molecule has 6 heteroatoms. The van der Waals surface area contributed by atoms with Crippen LogP contribution in [0.3, 0.4) is 0 Å². The van der Waals surface area contributed by atoms with E-state index in [2.05, 4.69) is 186 Å². The average molecular weight is 697 g/mol. The van der Waals surface area contributed by atoms with Crippen LogP contribution in [0.5, 0.6) is 0 Å². The molecule has 0 radical (unpaired) electrons. The number of nitrogens with one attached hydrogen (secondary N) is 1. The SMILES string of the molecule is Cn1cc(C2=NC(c3ccccc3)C(c3ccc(-c4ccc(-c5nc(-c6cn(C)c7ccccc67)[nH]c5-c5ccccc5)cc4)cc3)=N2)c2ccccc21. The van der Waals surface area contributed by atoms with Crippen molar-refractivity contribution in [3.8, 4) is 45.0 Å². The zero-order valence-electron chi connectivity index (χ0n) is 30.0. The molecular weight excluding hydrogens is 661 g/mol. The molecule has 0 aliphatic carbocycles. The Balaban J connectivity index is 0.984. The number of nitrogens with zero attached hydrogens (tertiary/aromatic N) is 5. The van der Waals surface area contributed by atoms with Crippen LogP contribution in [0.1, 0.15) is 22.7 Å². The molecule has 9 aromatic rings. The van der Waals surface area contributed by atoms with Crippen LogP contribution in [0.25, 0.3) is 66.8 Å². The summed E-state index contributed by atoms with van der Waals surface area (Å²) in [5.41, 5.74) is 14.0. The highest BCUT2D eigenvalue weighted by Gasteiger charge is 2.28. The van der Waals surface area contributed by atoms with Gasteiger partial charge in [-0.2, -0.15) is 0 Å². The van der Waals surface area contributed by atoms with E-state index in [0.717, 1.165) is 78.7 Å². The average Bonchev–Trinajstić information content (AvgIpc) is 4.03. The summed E-state index contributed by atoms with van der Waals surface area (Å²) in [4.78, 5) is 19.4. The molecule has 0 saturated heterocycles. The van der Waals surface area contributed by atoms with Crippen molar-refractivity contribution in [3.63, 3.8) is 0 Å². The first-order chi connectivity index (χ1) is 26.6. The third-order valence-corrected chi connectivity index (χ3v) is 10.6. The predicted octanol–water partition coefficient (Wildman–Crippen LogP) is 11.1. The third-order valence-electron chi connectivity index (χ3n) is 10.6. The molecule has 4 heterocycles. The number of hydrogen-bond acceptors (Lipinski definition) is 3. The van der Waals surface area contributed by atoms with Crippen molar-refractivity contribution < 1.29 is 0 Å². The van der Waals surface area contributed by atoms with Gasteiger partial charge in [0.1, 0.15) is 11.9 Å². The second-order valence-corrected chi connectivity index (χ2v) is 13.9. The number of hydrogen-bond donors (Lipinski definition) is 1. The Bertz CT molecular complexity index is 2870. The van der Waals surface area contributed by atoms with Crippen molar-refractivity contribution in [2.24, 2.45) is 24.1 Å². The Morgan fingerprint density at radius 3 is 1.67 bits per heavy atom. The molecule has 6 aromatic carbocycles. The number of amidine groups is 1. The molecule has 6 nitrogen and oxygen atoms in total. The standard InChI is InChI=1S/C48H36N6/c1-53-29-39(37-17-9-11-19-41(37)53)47-49-43(33-13-5-3-6-14-33)45(51-47)35-25-21-31(22-26-35)32-23-27-36(28-24-32)46-44(34-15-7-4-8-16-34)50-48(52-46)40-30-54(2)42-20-12-10-18-38(40)42/h3-30,43H,1-2H3,(H,50,52). The van der Waals surface area contributed by atoms with Gasteiger partial charge in [0.15, 0.2) is 5.84 Å². The first kappa shape index (κ1) is 31.7. The van der Waals surface area contributed by atoms with Crippen molar-refractivity contribution in [3.05, 3.63) is 187 Å². The van der Waals surface area contributed by atoms with Crippen molar-refractivity contribution in [1.82, 2.24) is 19.1 Å². The summed E-state index contributed by atoms with van der Waals surface area (Å²) in [5, 5.41) is 2.33. The summed E-state index contributed by atoms with van der Waals surface area (Å²) in [6.45, 7) is 0. The van der Waals surface area contributed by atoms with Crippen LogP contribution in [-0.2, 0) is 14.1 Å². The molecule has 10 rings (SSSR count). The van der Waals surface area contributed by atoms with Crippen molar-refractivity contribution in [1.29, 1.82) is 0 Å². The molecule has 0 spiro atoms. The van der Waals surface area contributed by atoms with Gasteiger partial charge in [0, 0.05) is 70.5 Å². The van der Waals surface area contributed by atoms with Crippen LogP contribution in [0.15, 0.2) is 180 Å². The first-order valence-corrected chi connectivity index (χ1v) is 18.3. The van der Waals surface area contributed by atoms with Crippen LogP contribution < -0.4 is 0 Å². The molecule has 1 unspecified atom stereocenters. The Morgan fingerprint density at radius 2 is 1.02 bits per heavy atom. The highest BCUT2D eigenvalue weighted by Crippen LogP contribution is 2.37. The van der Waals surface area contributed by atoms with Crippen LogP contribution >= 0.6 is 0 Å². The monoisotopic (exact) mass is 696 g/mol. The van der Waals surface area contributed by atoms with E-state index in [1.165, 1.54) is 16.4 Å². The lowest BCUT2D eigenvalue weighted by Crippen LogP contribution is -2.09. The molecule has 0 amide bonds. The molecule has 1 aliphatic rings. The number of imidazole rings is 1. The Morgan fingerprint density at radius 1 is 0.500 bits per heavy atom. The number of benzene rings is 6. The number of rotatable bonds is 7. The molecule has 1 aliphatic heterocycles. The second kappa shape index (κ2) is 12.9. The van der Waals surface area contributed by atoms with Gasteiger partial charge in [-0.25, -0.2) is 9.98 Å². The van der Waals surface area contributed by atoms with Gasteiger partial charge in [0.25, 0.3) is 0 Å².